The molecule has 2 aromatic heterocycles. The second kappa shape index (κ2) is 10.8. The Morgan fingerprint density at radius 1 is 1.00 bits per heavy atom. The lowest BCUT2D eigenvalue weighted by molar-refractivity contribution is -0.137. The first-order valence-corrected chi connectivity index (χ1v) is 10.8. The summed E-state index contributed by atoms with van der Waals surface area (Å²) in [6, 6.07) is 13.2. The Hall–Kier alpha value is -3.88. The van der Waals surface area contributed by atoms with E-state index in [1.54, 1.807) is 12.3 Å². The molecular weight excluding hydrogens is 445 g/mol. The third-order valence-electron chi connectivity index (χ3n) is 5.13. The number of hydrogen-bond acceptors (Lipinski definition) is 5. The van der Waals surface area contributed by atoms with Gasteiger partial charge in [-0.15, -0.1) is 5.10 Å². The zero-order valence-electron chi connectivity index (χ0n) is 18.3. The standard InChI is InChI=1S/C25H23F3N4O2/c26-25(27,28)23-7-2-1-6-20(23)10-13-24-30-21(18-34-24)17-33-22-11-8-19(9-12-22)5-3-4-15-32-16-14-29-31-32/h1-2,6-14,16,18H,3-5,15,17H2. The van der Waals surface area contributed by atoms with Crippen LogP contribution >= 0.6 is 0 Å². The molecule has 0 aliphatic heterocycles. The molecule has 4 rings (SSSR count). The minimum atomic E-state index is -4.43. The molecule has 2 heterocycles. The highest BCUT2D eigenvalue weighted by Crippen LogP contribution is 2.32. The van der Waals surface area contributed by atoms with Crippen LogP contribution in [0.1, 0.15) is 41.1 Å². The zero-order chi connectivity index (χ0) is 23.8. The Balaban J connectivity index is 1.25. The average Bonchev–Trinajstić information content (AvgIpc) is 3.52. The van der Waals surface area contributed by atoms with E-state index in [0.717, 1.165) is 31.9 Å². The van der Waals surface area contributed by atoms with E-state index in [-0.39, 0.29) is 18.1 Å². The van der Waals surface area contributed by atoms with E-state index in [1.807, 2.05) is 35.1 Å². The molecule has 0 amide bonds. The average molecular weight is 468 g/mol. The van der Waals surface area contributed by atoms with Crippen LogP contribution in [0.3, 0.4) is 0 Å². The molecule has 0 aliphatic carbocycles. The van der Waals surface area contributed by atoms with Gasteiger partial charge in [0.15, 0.2) is 0 Å². The molecule has 2 aromatic carbocycles. The van der Waals surface area contributed by atoms with E-state index < -0.39 is 11.7 Å². The van der Waals surface area contributed by atoms with E-state index in [9.17, 15) is 13.2 Å². The van der Waals surface area contributed by atoms with Crippen LogP contribution in [0.4, 0.5) is 13.2 Å². The number of aromatic nitrogens is 4. The third kappa shape index (κ3) is 6.57. The van der Waals surface area contributed by atoms with Crippen LogP contribution in [0.25, 0.3) is 12.2 Å². The number of hydrogen-bond donors (Lipinski definition) is 0. The van der Waals surface area contributed by atoms with Crippen LogP contribution < -0.4 is 4.74 Å². The molecule has 0 spiro atoms. The van der Waals surface area contributed by atoms with Crippen molar-refractivity contribution in [2.24, 2.45) is 0 Å². The van der Waals surface area contributed by atoms with E-state index in [2.05, 4.69) is 15.3 Å². The van der Waals surface area contributed by atoms with E-state index in [4.69, 9.17) is 9.15 Å². The predicted molar refractivity (Wildman–Crippen MR) is 121 cm³/mol. The van der Waals surface area contributed by atoms with Crippen molar-refractivity contribution in [3.8, 4) is 5.75 Å². The van der Waals surface area contributed by atoms with Crippen molar-refractivity contribution in [2.45, 2.75) is 38.6 Å². The maximum atomic E-state index is 13.1. The number of oxazole rings is 1. The van der Waals surface area contributed by atoms with Gasteiger partial charge in [0, 0.05) is 18.8 Å². The maximum absolute atomic E-state index is 13.1. The molecule has 0 aliphatic rings. The summed E-state index contributed by atoms with van der Waals surface area (Å²) in [6.07, 6.45) is 6.30. The first-order valence-electron chi connectivity index (χ1n) is 10.8. The lowest BCUT2D eigenvalue weighted by Crippen LogP contribution is -2.06. The fourth-order valence-electron chi connectivity index (χ4n) is 3.39. The molecule has 0 fully saturated rings. The van der Waals surface area contributed by atoms with Crippen LogP contribution in [0.2, 0.25) is 0 Å². The lowest BCUT2D eigenvalue weighted by atomic mass is 10.1. The van der Waals surface area contributed by atoms with Gasteiger partial charge < -0.3 is 9.15 Å². The Labute approximate surface area is 194 Å². The number of nitrogens with zero attached hydrogens (tertiary/aromatic N) is 4. The minimum Gasteiger partial charge on any atom is -0.487 e. The second-order valence-corrected chi connectivity index (χ2v) is 7.65. The quantitative estimate of drug-likeness (QED) is 0.265. The normalized spacial score (nSPS) is 11.9. The fraction of sp³-hybridized carbons (Fsp3) is 0.240. The van der Waals surface area contributed by atoms with Crippen molar-refractivity contribution in [3.63, 3.8) is 0 Å². The van der Waals surface area contributed by atoms with Gasteiger partial charge in [-0.1, -0.05) is 35.5 Å². The summed E-state index contributed by atoms with van der Waals surface area (Å²) in [4.78, 5) is 4.25. The molecule has 0 N–H and O–H groups in total. The van der Waals surface area contributed by atoms with E-state index in [0.29, 0.717) is 11.4 Å². The van der Waals surface area contributed by atoms with Gasteiger partial charge >= 0.3 is 6.18 Å². The largest absolute Gasteiger partial charge is 0.487 e. The summed E-state index contributed by atoms with van der Waals surface area (Å²) in [7, 11) is 0. The number of alkyl halides is 3. The van der Waals surface area contributed by atoms with Gasteiger partial charge in [0.25, 0.3) is 0 Å². The highest BCUT2D eigenvalue weighted by atomic mass is 19.4. The summed E-state index contributed by atoms with van der Waals surface area (Å²) >= 11 is 0. The molecule has 4 aromatic rings. The molecule has 0 saturated heterocycles. The summed E-state index contributed by atoms with van der Waals surface area (Å²) < 4.78 is 52.2. The van der Waals surface area contributed by atoms with Gasteiger partial charge in [-0.2, -0.15) is 13.2 Å². The molecule has 34 heavy (non-hydrogen) atoms. The van der Waals surface area contributed by atoms with E-state index in [1.165, 1.54) is 36.1 Å². The van der Waals surface area contributed by atoms with Gasteiger partial charge in [-0.25, -0.2) is 4.98 Å². The molecule has 9 heteroatoms. The highest BCUT2D eigenvalue weighted by molar-refractivity contribution is 5.68. The lowest BCUT2D eigenvalue weighted by Gasteiger charge is -2.09. The van der Waals surface area contributed by atoms with Crippen LogP contribution in [0.15, 0.2) is 71.6 Å². The zero-order valence-corrected chi connectivity index (χ0v) is 18.3. The van der Waals surface area contributed by atoms with Crippen molar-refractivity contribution in [1.82, 2.24) is 20.0 Å². The molecule has 0 unspecified atom stereocenters. The Kier molecular flexibility index (Phi) is 7.41. The SMILES string of the molecule is FC(F)(F)c1ccccc1C=Cc1nc(COc2ccc(CCCCn3ccnn3)cc2)co1. The van der Waals surface area contributed by atoms with Crippen molar-refractivity contribution in [2.75, 3.05) is 0 Å². The van der Waals surface area contributed by atoms with Crippen LogP contribution in [-0.4, -0.2) is 20.0 Å². The highest BCUT2D eigenvalue weighted by Gasteiger charge is 2.32. The second-order valence-electron chi connectivity index (χ2n) is 7.65. The first-order chi connectivity index (χ1) is 16.5. The number of benzene rings is 2. The fourth-order valence-corrected chi connectivity index (χ4v) is 3.39. The molecule has 0 saturated carbocycles. The van der Waals surface area contributed by atoms with Crippen LogP contribution in [0, 0.1) is 0 Å². The molecular formula is C25H23F3N4O2. The van der Waals surface area contributed by atoms with Crippen LogP contribution in [-0.2, 0) is 25.7 Å². The van der Waals surface area contributed by atoms with Crippen LogP contribution in [0.5, 0.6) is 5.75 Å². The van der Waals surface area contributed by atoms with Crippen molar-refractivity contribution < 1.29 is 22.3 Å². The molecule has 0 atom stereocenters. The van der Waals surface area contributed by atoms with Crippen molar-refractivity contribution >= 4 is 12.2 Å². The van der Waals surface area contributed by atoms with Gasteiger partial charge in [-0.05, 0) is 54.7 Å². The number of rotatable bonds is 10. The van der Waals surface area contributed by atoms with Crippen molar-refractivity contribution in [3.05, 3.63) is 95.5 Å². The summed E-state index contributed by atoms with van der Waals surface area (Å²) in [6.45, 7) is 1.04. The number of ether oxygens (including phenoxy) is 1. The monoisotopic (exact) mass is 468 g/mol. The molecule has 176 valence electrons. The minimum absolute atomic E-state index is 0.0458. The summed E-state index contributed by atoms with van der Waals surface area (Å²) in [5.41, 5.74) is 1.10. The van der Waals surface area contributed by atoms with E-state index >= 15 is 0 Å². The maximum Gasteiger partial charge on any atom is 0.416 e. The molecule has 6 nitrogen and oxygen atoms in total. The molecule has 0 bridgehead atoms. The number of aryl methyl sites for hydroxylation is 2. The summed E-state index contributed by atoms with van der Waals surface area (Å²) in [5.74, 6) is 0.905. The summed E-state index contributed by atoms with van der Waals surface area (Å²) in [5, 5.41) is 7.74. The third-order valence-corrected chi connectivity index (χ3v) is 5.13. The Morgan fingerprint density at radius 3 is 2.59 bits per heavy atom. The van der Waals surface area contributed by atoms with Gasteiger partial charge in [-0.3, -0.25) is 4.68 Å². The van der Waals surface area contributed by atoms with Gasteiger partial charge in [0.05, 0.1) is 11.8 Å². The van der Waals surface area contributed by atoms with Gasteiger partial charge in [0.1, 0.15) is 24.3 Å². The predicted octanol–water partition coefficient (Wildman–Crippen LogP) is 6.06. The Morgan fingerprint density at radius 2 is 1.82 bits per heavy atom. The topological polar surface area (TPSA) is 66.0 Å². The van der Waals surface area contributed by atoms with Crippen molar-refractivity contribution in [1.29, 1.82) is 0 Å². The number of unbranched alkanes of at least 4 members (excludes halogenated alkanes) is 1. The molecule has 0 radical (unpaired) electrons. The first kappa shape index (κ1) is 23.3. The number of halogens is 3. The van der Waals surface area contributed by atoms with Gasteiger partial charge in [0.2, 0.25) is 5.89 Å². The smallest absolute Gasteiger partial charge is 0.416 e. The Bertz CT molecular complexity index is 1200.